The van der Waals surface area contributed by atoms with Crippen molar-refractivity contribution in [1.29, 1.82) is 0 Å². The number of carbonyl (C=O) groups excluding carboxylic acids is 1. The van der Waals surface area contributed by atoms with Crippen LogP contribution in [-0.2, 0) is 0 Å². The molecule has 2 aromatic carbocycles. The highest BCUT2D eigenvalue weighted by molar-refractivity contribution is 9.15. The molecule has 0 aliphatic carbocycles. The van der Waals surface area contributed by atoms with Crippen LogP contribution < -0.4 is 5.32 Å². The number of anilines is 1. The molecule has 0 fully saturated rings. The van der Waals surface area contributed by atoms with Crippen LogP contribution >= 0.6 is 79.6 Å². The smallest absolute Gasteiger partial charge is 0.337 e. The summed E-state index contributed by atoms with van der Waals surface area (Å²) in [4.78, 5) is 24.2. The van der Waals surface area contributed by atoms with Crippen molar-refractivity contribution in [1.82, 2.24) is 0 Å². The van der Waals surface area contributed by atoms with Crippen molar-refractivity contribution >= 4 is 97.2 Å². The Morgan fingerprint density at radius 1 is 0.783 bits per heavy atom. The average Bonchev–Trinajstić information content (AvgIpc) is 2.50. The SMILES string of the molecule is O=C(O)c1c(Br)c(Br)c(Br)c(Br)c1C(=O)Nc1ccc(Br)cc1. The van der Waals surface area contributed by atoms with E-state index < -0.39 is 11.9 Å². The van der Waals surface area contributed by atoms with Gasteiger partial charge in [-0.25, -0.2) is 4.79 Å². The highest BCUT2D eigenvalue weighted by Crippen LogP contribution is 2.42. The molecule has 120 valence electrons. The van der Waals surface area contributed by atoms with E-state index in [0.717, 1.165) is 4.47 Å². The number of hydrogen-bond donors (Lipinski definition) is 2. The molecule has 0 radical (unpaired) electrons. The summed E-state index contributed by atoms with van der Waals surface area (Å²) in [5.74, 6) is -1.75. The first-order valence-electron chi connectivity index (χ1n) is 5.90. The second-order valence-corrected chi connectivity index (χ2v) is 8.36. The van der Waals surface area contributed by atoms with E-state index in [4.69, 9.17) is 0 Å². The average molecular weight is 636 g/mol. The summed E-state index contributed by atoms with van der Waals surface area (Å²) in [6, 6.07) is 6.96. The van der Waals surface area contributed by atoms with Crippen LogP contribution in [0.3, 0.4) is 0 Å². The fourth-order valence-electron chi connectivity index (χ4n) is 1.77. The summed E-state index contributed by atoms with van der Waals surface area (Å²) < 4.78 is 2.54. The molecule has 2 N–H and O–H groups in total. The van der Waals surface area contributed by atoms with Gasteiger partial charge in [0.2, 0.25) is 0 Å². The van der Waals surface area contributed by atoms with E-state index in [9.17, 15) is 14.7 Å². The molecule has 0 spiro atoms. The van der Waals surface area contributed by atoms with Gasteiger partial charge in [0.05, 0.1) is 11.1 Å². The van der Waals surface area contributed by atoms with Crippen molar-refractivity contribution in [2.24, 2.45) is 0 Å². The predicted molar refractivity (Wildman–Crippen MR) is 106 cm³/mol. The van der Waals surface area contributed by atoms with Crippen molar-refractivity contribution in [2.75, 3.05) is 5.32 Å². The van der Waals surface area contributed by atoms with Crippen molar-refractivity contribution in [3.8, 4) is 0 Å². The third kappa shape index (κ3) is 4.07. The molecule has 0 heterocycles. The van der Waals surface area contributed by atoms with Gasteiger partial charge < -0.3 is 10.4 Å². The number of amides is 1. The number of carboxylic acid groups (broad SMARTS) is 1. The van der Waals surface area contributed by atoms with Crippen LogP contribution in [0.1, 0.15) is 20.7 Å². The van der Waals surface area contributed by atoms with Crippen LogP contribution in [0, 0.1) is 0 Å². The standard InChI is InChI=1S/C14H6Br5NO3/c15-5-1-3-6(4-2-5)20-13(21)7-8(14(22)23)10(17)12(19)11(18)9(7)16/h1-4H,(H,20,21)(H,22,23). The molecule has 2 aromatic rings. The summed E-state index contributed by atoms with van der Waals surface area (Å²) >= 11 is 16.4. The maximum atomic E-state index is 12.6. The van der Waals surface area contributed by atoms with Gasteiger partial charge in [-0.15, -0.1) is 0 Å². The number of halogens is 5. The van der Waals surface area contributed by atoms with E-state index in [1.807, 2.05) is 0 Å². The number of carbonyl (C=O) groups is 2. The van der Waals surface area contributed by atoms with Crippen molar-refractivity contribution < 1.29 is 14.7 Å². The Kier molecular flexibility index (Phi) is 6.46. The fraction of sp³-hybridized carbons (Fsp3) is 0. The van der Waals surface area contributed by atoms with Gasteiger partial charge in [0, 0.05) is 28.1 Å². The second kappa shape index (κ2) is 7.77. The molecular formula is C14H6Br5NO3. The fourth-order valence-corrected chi connectivity index (χ4v) is 4.50. The first-order chi connectivity index (χ1) is 10.7. The summed E-state index contributed by atoms with van der Waals surface area (Å²) in [6.07, 6.45) is 0. The first-order valence-corrected chi connectivity index (χ1v) is 9.86. The molecule has 9 heteroatoms. The van der Waals surface area contributed by atoms with Crippen molar-refractivity contribution in [3.05, 3.63) is 57.8 Å². The Labute approximate surface area is 173 Å². The summed E-state index contributed by atoms with van der Waals surface area (Å²) in [5, 5.41) is 12.1. The molecule has 23 heavy (non-hydrogen) atoms. The van der Waals surface area contributed by atoms with Gasteiger partial charge >= 0.3 is 5.97 Å². The Hall–Kier alpha value is -0.220. The largest absolute Gasteiger partial charge is 0.478 e. The lowest BCUT2D eigenvalue weighted by atomic mass is 10.1. The third-order valence-corrected chi connectivity index (χ3v) is 8.11. The topological polar surface area (TPSA) is 66.4 Å². The minimum Gasteiger partial charge on any atom is -0.478 e. The lowest BCUT2D eigenvalue weighted by Gasteiger charge is -2.14. The van der Waals surface area contributed by atoms with Gasteiger partial charge in [-0.2, -0.15) is 0 Å². The zero-order chi connectivity index (χ0) is 17.3. The minimum atomic E-state index is -1.22. The number of nitrogens with one attached hydrogen (secondary N) is 1. The quantitative estimate of drug-likeness (QED) is 0.301. The van der Waals surface area contributed by atoms with E-state index in [0.29, 0.717) is 19.1 Å². The van der Waals surface area contributed by atoms with Crippen LogP contribution in [0.4, 0.5) is 5.69 Å². The molecular weight excluding hydrogens is 630 g/mol. The Bertz CT molecular complexity index is 805. The van der Waals surface area contributed by atoms with E-state index in [1.54, 1.807) is 24.3 Å². The molecule has 0 bridgehead atoms. The summed E-state index contributed by atoms with van der Waals surface area (Å²) in [6.45, 7) is 0. The molecule has 0 saturated carbocycles. The van der Waals surface area contributed by atoms with Crippen molar-refractivity contribution in [2.45, 2.75) is 0 Å². The van der Waals surface area contributed by atoms with Gasteiger partial charge in [-0.05, 0) is 88.0 Å². The Morgan fingerprint density at radius 3 is 1.74 bits per heavy atom. The molecule has 0 aromatic heterocycles. The summed E-state index contributed by atoms with van der Waals surface area (Å²) in [7, 11) is 0. The molecule has 0 aliphatic rings. The molecule has 1 amide bonds. The number of aromatic carboxylic acids is 1. The molecule has 0 atom stereocenters. The van der Waals surface area contributed by atoms with E-state index in [1.165, 1.54) is 0 Å². The third-order valence-electron chi connectivity index (χ3n) is 2.81. The molecule has 0 saturated heterocycles. The maximum Gasteiger partial charge on any atom is 0.337 e. The van der Waals surface area contributed by atoms with Crippen molar-refractivity contribution in [3.63, 3.8) is 0 Å². The molecule has 0 aliphatic heterocycles. The van der Waals surface area contributed by atoms with Crippen LogP contribution in [0.5, 0.6) is 0 Å². The van der Waals surface area contributed by atoms with Crippen LogP contribution in [0.25, 0.3) is 0 Å². The van der Waals surface area contributed by atoms with Gasteiger partial charge in [-0.3, -0.25) is 4.79 Å². The monoisotopic (exact) mass is 631 g/mol. The molecule has 2 rings (SSSR count). The molecule has 4 nitrogen and oxygen atoms in total. The normalized spacial score (nSPS) is 10.5. The van der Waals surface area contributed by atoms with Crippen LogP contribution in [0.2, 0.25) is 0 Å². The highest BCUT2D eigenvalue weighted by atomic mass is 79.9. The maximum absolute atomic E-state index is 12.6. The lowest BCUT2D eigenvalue weighted by Crippen LogP contribution is -2.18. The number of rotatable bonds is 3. The zero-order valence-corrected chi connectivity index (χ0v) is 18.9. The Morgan fingerprint density at radius 2 is 1.26 bits per heavy atom. The van der Waals surface area contributed by atoms with Gasteiger partial charge in [0.1, 0.15) is 0 Å². The van der Waals surface area contributed by atoms with E-state index in [2.05, 4.69) is 85.0 Å². The zero-order valence-electron chi connectivity index (χ0n) is 11.0. The second-order valence-electron chi connectivity index (χ2n) is 4.27. The highest BCUT2D eigenvalue weighted by Gasteiger charge is 2.27. The van der Waals surface area contributed by atoms with Gasteiger partial charge in [0.25, 0.3) is 5.91 Å². The number of carboxylic acids is 1. The van der Waals surface area contributed by atoms with Crippen LogP contribution in [-0.4, -0.2) is 17.0 Å². The van der Waals surface area contributed by atoms with Crippen LogP contribution in [0.15, 0.2) is 46.6 Å². The van der Waals surface area contributed by atoms with Gasteiger partial charge in [-0.1, -0.05) is 15.9 Å². The van der Waals surface area contributed by atoms with E-state index >= 15 is 0 Å². The predicted octanol–water partition coefficient (Wildman–Crippen LogP) is 6.45. The lowest BCUT2D eigenvalue weighted by molar-refractivity contribution is 0.0691. The number of benzene rings is 2. The minimum absolute atomic E-state index is 0.0161. The van der Waals surface area contributed by atoms with Gasteiger partial charge in [0.15, 0.2) is 0 Å². The first kappa shape index (κ1) is 19.1. The number of hydrogen-bond acceptors (Lipinski definition) is 2. The summed E-state index contributed by atoms with van der Waals surface area (Å²) in [5.41, 5.74) is 0.431. The Balaban J connectivity index is 2.55. The molecule has 0 unspecified atom stereocenters. The van der Waals surface area contributed by atoms with E-state index in [-0.39, 0.29) is 15.6 Å².